The van der Waals surface area contributed by atoms with Gasteiger partial charge in [0.1, 0.15) is 0 Å². The van der Waals surface area contributed by atoms with Crippen LogP contribution in [0, 0.1) is 5.41 Å². The summed E-state index contributed by atoms with van der Waals surface area (Å²) < 4.78 is 40.9. The van der Waals surface area contributed by atoms with E-state index in [1.54, 1.807) is 6.92 Å². The molecule has 0 radical (unpaired) electrons. The maximum atomic E-state index is 12.3. The molecule has 0 fully saturated rings. The van der Waals surface area contributed by atoms with Crippen LogP contribution in [0.3, 0.4) is 0 Å². The minimum absolute atomic E-state index is 0.140. The van der Waals surface area contributed by atoms with Crippen molar-refractivity contribution in [1.29, 1.82) is 0 Å². The number of hydrogen-bond donors (Lipinski definition) is 2. The molecule has 0 aliphatic rings. The van der Waals surface area contributed by atoms with Crippen molar-refractivity contribution in [3.63, 3.8) is 0 Å². The van der Waals surface area contributed by atoms with E-state index in [0.29, 0.717) is 30.5 Å². The molecule has 23 heavy (non-hydrogen) atoms. The number of likely N-dealkylation sites (N-methyl/N-ethyl adjacent to an activating group) is 1. The van der Waals surface area contributed by atoms with Crippen LogP contribution in [0.15, 0.2) is 0 Å². The zero-order chi connectivity index (χ0) is 18.1. The van der Waals surface area contributed by atoms with Gasteiger partial charge in [0.25, 0.3) is 10.1 Å². The van der Waals surface area contributed by atoms with Gasteiger partial charge in [-0.1, -0.05) is 0 Å². The van der Waals surface area contributed by atoms with Gasteiger partial charge in [0.2, 0.25) is 5.91 Å². The van der Waals surface area contributed by atoms with E-state index >= 15 is 0 Å². The Balaban J connectivity index is 4.32. The van der Waals surface area contributed by atoms with Gasteiger partial charge in [-0.05, 0) is 6.92 Å². The standard InChI is InChI=1S/C14H30N2O6S/c1-14(11-21-4,12-22-5)13(17)15-7-9-16(2,3)8-6-10-23(18,19)20/h6-12H2,1-5H3,(H-,15,17,18,19,20)/p+1. The van der Waals surface area contributed by atoms with Gasteiger partial charge in [-0.15, -0.1) is 0 Å². The summed E-state index contributed by atoms with van der Waals surface area (Å²) in [5.41, 5.74) is -0.744. The molecule has 0 saturated carbocycles. The molecule has 2 N–H and O–H groups in total. The van der Waals surface area contributed by atoms with Crippen LogP contribution in [0.1, 0.15) is 13.3 Å². The minimum atomic E-state index is -3.92. The van der Waals surface area contributed by atoms with Gasteiger partial charge in [-0.3, -0.25) is 9.35 Å². The topological polar surface area (TPSA) is 102 Å². The lowest BCUT2D eigenvalue weighted by atomic mass is 9.91. The third kappa shape index (κ3) is 9.87. The lowest BCUT2D eigenvalue weighted by Crippen LogP contribution is -2.50. The summed E-state index contributed by atoms with van der Waals surface area (Å²) in [4.78, 5) is 12.3. The Morgan fingerprint density at radius 3 is 2.13 bits per heavy atom. The third-order valence-electron chi connectivity index (χ3n) is 3.64. The molecule has 0 aliphatic carbocycles. The number of ether oxygens (including phenoxy) is 2. The number of amides is 1. The van der Waals surface area contributed by atoms with Crippen LogP contribution in [0.25, 0.3) is 0 Å². The molecule has 8 nitrogen and oxygen atoms in total. The SMILES string of the molecule is COCC(C)(COC)C(=O)NCC[N+](C)(C)CCCS(=O)(=O)O. The van der Waals surface area contributed by atoms with Crippen molar-refractivity contribution in [3.8, 4) is 0 Å². The first-order valence-corrected chi connectivity index (χ1v) is 9.10. The molecule has 0 bridgehead atoms. The van der Waals surface area contributed by atoms with Crippen LogP contribution < -0.4 is 5.32 Å². The quantitative estimate of drug-likeness (QED) is 0.370. The van der Waals surface area contributed by atoms with E-state index in [4.69, 9.17) is 14.0 Å². The van der Waals surface area contributed by atoms with Crippen LogP contribution in [0.4, 0.5) is 0 Å². The number of carbonyl (C=O) groups excluding carboxylic acids is 1. The van der Waals surface area contributed by atoms with E-state index in [9.17, 15) is 13.2 Å². The fraction of sp³-hybridized carbons (Fsp3) is 0.929. The highest BCUT2D eigenvalue weighted by molar-refractivity contribution is 7.85. The van der Waals surface area contributed by atoms with Gasteiger partial charge >= 0.3 is 0 Å². The summed E-state index contributed by atoms with van der Waals surface area (Å²) >= 11 is 0. The fourth-order valence-corrected chi connectivity index (χ4v) is 2.78. The second-order valence-corrected chi connectivity index (χ2v) is 8.28. The molecule has 0 rings (SSSR count). The highest BCUT2D eigenvalue weighted by Gasteiger charge is 2.33. The Hall–Kier alpha value is -0.740. The first-order valence-electron chi connectivity index (χ1n) is 7.49. The van der Waals surface area contributed by atoms with Crippen molar-refractivity contribution in [1.82, 2.24) is 5.32 Å². The molecule has 0 aromatic carbocycles. The van der Waals surface area contributed by atoms with Gasteiger partial charge in [0.05, 0.1) is 58.1 Å². The molecule has 9 heteroatoms. The van der Waals surface area contributed by atoms with Crippen molar-refractivity contribution in [2.24, 2.45) is 5.41 Å². The second-order valence-electron chi connectivity index (χ2n) is 6.71. The third-order valence-corrected chi connectivity index (χ3v) is 4.45. The van der Waals surface area contributed by atoms with Crippen molar-refractivity contribution < 1.29 is 31.7 Å². The molecule has 0 atom stereocenters. The molecule has 0 aromatic rings. The van der Waals surface area contributed by atoms with Crippen LogP contribution in [0.5, 0.6) is 0 Å². The van der Waals surface area contributed by atoms with Gasteiger partial charge in [0, 0.05) is 20.6 Å². The van der Waals surface area contributed by atoms with Crippen molar-refractivity contribution in [2.45, 2.75) is 13.3 Å². The zero-order valence-electron chi connectivity index (χ0n) is 14.8. The maximum absolute atomic E-state index is 12.3. The van der Waals surface area contributed by atoms with E-state index in [1.807, 2.05) is 14.1 Å². The molecule has 0 aliphatic heterocycles. The summed E-state index contributed by atoms with van der Waals surface area (Å²) in [5.74, 6) is -0.389. The number of hydrogen-bond acceptors (Lipinski definition) is 5. The number of quaternary nitrogens is 1. The average Bonchev–Trinajstić information content (AvgIpc) is 2.36. The number of carbonyl (C=O) groups is 1. The molecule has 0 unspecified atom stereocenters. The second kappa shape index (κ2) is 9.53. The van der Waals surface area contributed by atoms with E-state index in [-0.39, 0.29) is 24.9 Å². The summed E-state index contributed by atoms with van der Waals surface area (Å²) in [5, 5.41) is 2.87. The highest BCUT2D eigenvalue weighted by Crippen LogP contribution is 2.17. The molecular weight excluding hydrogens is 324 g/mol. The summed E-state index contributed by atoms with van der Waals surface area (Å²) in [6.45, 7) is 4.00. The maximum Gasteiger partial charge on any atom is 0.265 e. The average molecular weight is 355 g/mol. The van der Waals surface area contributed by atoms with E-state index in [2.05, 4.69) is 5.32 Å². The Bertz CT molecular complexity index is 458. The first kappa shape index (κ1) is 22.3. The predicted molar refractivity (Wildman–Crippen MR) is 87.7 cm³/mol. The smallest absolute Gasteiger partial charge is 0.265 e. The normalized spacial score (nSPS) is 13.1. The van der Waals surface area contributed by atoms with Gasteiger partial charge in [0.15, 0.2) is 0 Å². The molecule has 0 aromatic heterocycles. The summed E-state index contributed by atoms with van der Waals surface area (Å²) in [6, 6.07) is 0. The van der Waals surface area contributed by atoms with Gasteiger partial charge in [-0.2, -0.15) is 8.42 Å². The zero-order valence-corrected chi connectivity index (χ0v) is 15.6. The number of methoxy groups -OCH3 is 2. The van der Waals surface area contributed by atoms with Crippen molar-refractivity contribution in [2.75, 3.05) is 66.9 Å². The Morgan fingerprint density at radius 1 is 1.17 bits per heavy atom. The number of nitrogens with zero attached hydrogens (tertiary/aromatic N) is 1. The number of nitrogens with one attached hydrogen (secondary N) is 1. The van der Waals surface area contributed by atoms with E-state index in [0.717, 1.165) is 0 Å². The van der Waals surface area contributed by atoms with Gasteiger partial charge in [-0.25, -0.2) is 0 Å². The molecule has 0 saturated heterocycles. The fourth-order valence-electron chi connectivity index (χ4n) is 2.28. The Morgan fingerprint density at radius 2 is 1.70 bits per heavy atom. The van der Waals surface area contributed by atoms with Gasteiger partial charge < -0.3 is 19.3 Å². The molecule has 138 valence electrons. The van der Waals surface area contributed by atoms with Crippen LogP contribution in [0.2, 0.25) is 0 Å². The van der Waals surface area contributed by atoms with Crippen LogP contribution in [-0.4, -0.2) is 90.3 Å². The predicted octanol–water partition coefficient (Wildman–Crippen LogP) is -0.244. The molecular formula is C14H31N2O6S+. The summed E-state index contributed by atoms with van der Waals surface area (Å²) in [7, 11) is 3.04. The lowest BCUT2D eigenvalue weighted by Gasteiger charge is -2.31. The Kier molecular flexibility index (Phi) is 9.22. The largest absolute Gasteiger partial charge is 0.383 e. The highest BCUT2D eigenvalue weighted by atomic mass is 32.2. The van der Waals surface area contributed by atoms with E-state index < -0.39 is 15.5 Å². The molecule has 1 amide bonds. The van der Waals surface area contributed by atoms with Crippen LogP contribution >= 0.6 is 0 Å². The Labute approximate surface area is 139 Å². The monoisotopic (exact) mass is 355 g/mol. The van der Waals surface area contributed by atoms with Crippen molar-refractivity contribution in [3.05, 3.63) is 0 Å². The van der Waals surface area contributed by atoms with Crippen molar-refractivity contribution >= 4 is 16.0 Å². The number of rotatable bonds is 12. The minimum Gasteiger partial charge on any atom is -0.383 e. The van der Waals surface area contributed by atoms with Crippen LogP contribution in [-0.2, 0) is 24.4 Å². The molecule has 0 heterocycles. The molecule has 0 spiro atoms. The first-order chi connectivity index (χ1) is 10.5. The van der Waals surface area contributed by atoms with E-state index in [1.165, 1.54) is 14.2 Å². The summed E-state index contributed by atoms with van der Waals surface area (Å²) in [6.07, 6.45) is 0.366. The lowest BCUT2D eigenvalue weighted by molar-refractivity contribution is -0.889.